The Morgan fingerprint density at radius 2 is 1.15 bits per heavy atom. The first-order chi connectivity index (χ1) is 30.5. The molecule has 18 nitrogen and oxygen atoms in total. The van der Waals surface area contributed by atoms with Crippen LogP contribution in [0, 0.1) is 33.5 Å². The van der Waals surface area contributed by atoms with Gasteiger partial charge in [0.1, 0.15) is 52.3 Å². The number of nitrogens with one attached hydrogen (secondary N) is 4. The summed E-state index contributed by atoms with van der Waals surface area (Å²) < 4.78 is 81.4. The molecule has 0 bridgehead atoms. The maximum Gasteiger partial charge on any atom is 0.186 e. The zero-order chi connectivity index (χ0) is 47.5. The highest BCUT2D eigenvalue weighted by molar-refractivity contribution is 7.93. The first-order valence-electron chi connectivity index (χ1n) is 21.3. The Labute approximate surface area is 378 Å². The van der Waals surface area contributed by atoms with Crippen molar-refractivity contribution in [2.75, 3.05) is 37.1 Å². The zero-order valence-electron chi connectivity index (χ0n) is 38.5. The molecule has 0 amide bonds. The quantitative estimate of drug-likeness (QED) is 0.0896. The highest BCUT2D eigenvalue weighted by Crippen LogP contribution is 2.38. The number of aromatic nitrogens is 8. The van der Waals surface area contributed by atoms with E-state index in [-0.39, 0.29) is 34.4 Å². The van der Waals surface area contributed by atoms with Gasteiger partial charge in [0.25, 0.3) is 0 Å². The normalized spacial score (nSPS) is 16.8. The third-order valence-electron chi connectivity index (χ3n) is 11.2. The monoisotopic (exact) mass is 938 g/mol. The van der Waals surface area contributed by atoms with E-state index in [0.717, 1.165) is 60.9 Å². The summed E-state index contributed by atoms with van der Waals surface area (Å²) in [5.74, 6) is 1.47. The third-order valence-corrected chi connectivity index (χ3v) is 16.3. The SMILES string of the molecule is Cc1[nH]nc(Nc2ncnc3cc(F)c(S(=O)(=O)C(C)(C)C)cc23)c1C.Cc1[nH]nc(Nc2ncnc3cc(OCC4CCCO4)c(S(=O)(=O)C(C)(C)C)cc23)c1C.OCC1CCCO1. The number of hydrogen-bond acceptors (Lipinski definition) is 16. The number of halogens is 1. The largest absolute Gasteiger partial charge is 0.489 e. The maximum absolute atomic E-state index is 14.5. The van der Waals surface area contributed by atoms with E-state index in [1.54, 1.807) is 32.9 Å². The minimum Gasteiger partial charge on any atom is -0.489 e. The van der Waals surface area contributed by atoms with Gasteiger partial charge in [-0.1, -0.05) is 0 Å². The van der Waals surface area contributed by atoms with Crippen LogP contribution in [0.1, 0.15) is 89.7 Å². The van der Waals surface area contributed by atoms with E-state index in [0.29, 0.717) is 58.3 Å². The Hall–Kier alpha value is -5.35. The number of sulfone groups is 2. The first-order valence-corrected chi connectivity index (χ1v) is 24.3. The van der Waals surface area contributed by atoms with Gasteiger partial charge < -0.3 is 30.0 Å². The number of hydrogen-bond donors (Lipinski definition) is 5. The standard InChI is InChI=1S/C22H29N5O4S.C17H20FN5O2S.C5H10O2/c1-13-14(2)26-27-20(13)25-21-16-9-19(32(28,29)22(3,4)5)18(10-17(16)23-12-24-21)31-11-15-7-6-8-30-15;1-9-10(2)22-23-15(9)21-16-11-6-14(26(24,25)17(3,4)5)12(18)7-13(11)19-8-20-16;6-4-5-2-1-3-7-5/h9-10,12,15H,6-8,11H2,1-5H3,(H2,23,24,25,26,27);6-8H,1-5H3,(H2,19,20,21,22,23);5-6H,1-4H2. The van der Waals surface area contributed by atoms with Crippen LogP contribution in [-0.2, 0) is 29.1 Å². The Balaban J connectivity index is 0.000000190. The molecule has 6 heterocycles. The number of H-pyrrole nitrogens is 2. The van der Waals surface area contributed by atoms with Gasteiger partial charge >= 0.3 is 0 Å². The fraction of sp³-hybridized carbons (Fsp3) is 0.500. The van der Waals surface area contributed by atoms with E-state index in [2.05, 4.69) is 51.0 Å². The molecule has 21 heteroatoms. The molecule has 2 fully saturated rings. The molecule has 2 aliphatic rings. The molecule has 2 saturated heterocycles. The van der Waals surface area contributed by atoms with Gasteiger partial charge in [0, 0.05) is 58.6 Å². The van der Waals surface area contributed by atoms with E-state index >= 15 is 0 Å². The van der Waals surface area contributed by atoms with Gasteiger partial charge in [-0.2, -0.15) is 10.2 Å². The number of aromatic amines is 2. The fourth-order valence-electron chi connectivity index (χ4n) is 6.69. The van der Waals surface area contributed by atoms with E-state index in [1.807, 2.05) is 27.7 Å². The van der Waals surface area contributed by atoms with Gasteiger partial charge in [-0.15, -0.1) is 0 Å². The molecule has 0 spiro atoms. The van der Waals surface area contributed by atoms with Crippen molar-refractivity contribution in [3.05, 3.63) is 65.3 Å². The second-order valence-corrected chi connectivity index (χ2v) is 23.3. The lowest BCUT2D eigenvalue weighted by atomic mass is 10.2. The summed E-state index contributed by atoms with van der Waals surface area (Å²) in [4.78, 5) is 16.7. The lowest BCUT2D eigenvalue weighted by Crippen LogP contribution is -2.29. The number of benzene rings is 2. The molecule has 6 aromatic rings. The summed E-state index contributed by atoms with van der Waals surface area (Å²) in [6, 6.07) is 5.66. The van der Waals surface area contributed by atoms with Crippen molar-refractivity contribution in [2.24, 2.45) is 0 Å². The van der Waals surface area contributed by atoms with Crippen LogP contribution < -0.4 is 15.4 Å². The van der Waals surface area contributed by atoms with Crippen LogP contribution in [0.4, 0.5) is 27.7 Å². The van der Waals surface area contributed by atoms with Gasteiger partial charge in [0.2, 0.25) is 0 Å². The molecule has 8 rings (SSSR count). The number of rotatable bonds is 10. The highest BCUT2D eigenvalue weighted by Gasteiger charge is 2.36. The molecule has 0 aliphatic carbocycles. The highest BCUT2D eigenvalue weighted by atomic mass is 32.2. The summed E-state index contributed by atoms with van der Waals surface area (Å²) in [6.07, 6.45) is 6.87. The van der Waals surface area contributed by atoms with Crippen LogP contribution in [0.2, 0.25) is 0 Å². The zero-order valence-corrected chi connectivity index (χ0v) is 40.1. The average Bonchev–Trinajstić information content (AvgIpc) is 4.09. The molecule has 2 atom stereocenters. The van der Waals surface area contributed by atoms with Crippen LogP contribution >= 0.6 is 0 Å². The number of fused-ring (bicyclic) bond motifs is 2. The number of aliphatic hydroxyl groups excluding tert-OH is 1. The van der Waals surface area contributed by atoms with Crippen LogP contribution in [0.5, 0.6) is 5.75 Å². The molecule has 2 aliphatic heterocycles. The van der Waals surface area contributed by atoms with E-state index in [4.69, 9.17) is 19.3 Å². The molecule has 4 aromatic heterocycles. The molecule has 0 saturated carbocycles. The molecule has 2 unspecified atom stereocenters. The predicted molar refractivity (Wildman–Crippen MR) is 246 cm³/mol. The van der Waals surface area contributed by atoms with E-state index < -0.39 is 35.0 Å². The van der Waals surface area contributed by atoms with Crippen molar-refractivity contribution in [3.63, 3.8) is 0 Å². The topological polar surface area (TPSA) is 249 Å². The smallest absolute Gasteiger partial charge is 0.186 e. The summed E-state index contributed by atoms with van der Waals surface area (Å²) in [7, 11) is -7.58. The van der Waals surface area contributed by atoms with Crippen molar-refractivity contribution in [2.45, 2.75) is 126 Å². The van der Waals surface area contributed by atoms with Gasteiger partial charge in [-0.25, -0.2) is 41.2 Å². The Bertz CT molecular complexity index is 2860. The Morgan fingerprint density at radius 1 is 0.692 bits per heavy atom. The summed E-state index contributed by atoms with van der Waals surface area (Å²) in [5.41, 5.74) is 4.57. The van der Waals surface area contributed by atoms with Crippen molar-refractivity contribution >= 4 is 64.8 Å². The second-order valence-electron chi connectivity index (χ2n) is 18.0. The second kappa shape index (κ2) is 19.6. The molecular formula is C44H59FN10O8S2. The molecule has 65 heavy (non-hydrogen) atoms. The van der Waals surface area contributed by atoms with Crippen molar-refractivity contribution < 1.29 is 40.5 Å². The minimum atomic E-state index is -3.87. The van der Waals surface area contributed by atoms with Gasteiger partial charge in [0.15, 0.2) is 31.3 Å². The molecule has 0 radical (unpaired) electrons. The van der Waals surface area contributed by atoms with Crippen molar-refractivity contribution in [3.8, 4) is 5.75 Å². The van der Waals surface area contributed by atoms with Gasteiger partial charge in [-0.3, -0.25) is 10.2 Å². The molecular weight excluding hydrogens is 880 g/mol. The number of nitrogens with zero attached hydrogens (tertiary/aromatic N) is 6. The lowest BCUT2D eigenvalue weighted by Gasteiger charge is -2.23. The Kier molecular flexibility index (Phi) is 14.8. The minimum absolute atomic E-state index is 0.0376. The maximum atomic E-state index is 14.5. The molecule has 352 valence electrons. The van der Waals surface area contributed by atoms with E-state index in [1.165, 1.54) is 39.5 Å². The number of aliphatic hydroxyl groups is 1. The average molecular weight is 939 g/mol. The van der Waals surface area contributed by atoms with Crippen molar-refractivity contribution in [1.82, 2.24) is 40.3 Å². The Morgan fingerprint density at radius 3 is 1.57 bits per heavy atom. The predicted octanol–water partition coefficient (Wildman–Crippen LogP) is 7.43. The van der Waals surface area contributed by atoms with Crippen LogP contribution in [0.3, 0.4) is 0 Å². The third kappa shape index (κ3) is 10.9. The summed E-state index contributed by atoms with van der Waals surface area (Å²) in [5, 5.41) is 29.9. The molecule has 5 N–H and O–H groups in total. The number of aryl methyl sites for hydroxylation is 2. The molecule has 2 aromatic carbocycles. The van der Waals surface area contributed by atoms with E-state index in [9.17, 15) is 21.2 Å². The number of anilines is 4. The van der Waals surface area contributed by atoms with Crippen LogP contribution in [0.25, 0.3) is 21.8 Å². The van der Waals surface area contributed by atoms with Gasteiger partial charge in [0.05, 0.1) is 39.3 Å². The summed E-state index contributed by atoms with van der Waals surface area (Å²) >= 11 is 0. The summed E-state index contributed by atoms with van der Waals surface area (Å²) in [6.45, 7) is 19.3. The van der Waals surface area contributed by atoms with Gasteiger partial charge in [-0.05, 0) is 107 Å². The van der Waals surface area contributed by atoms with Crippen LogP contribution in [-0.4, -0.2) is 110 Å². The number of ether oxygens (including phenoxy) is 3. The lowest BCUT2D eigenvalue weighted by molar-refractivity contribution is 0.0591. The van der Waals surface area contributed by atoms with Crippen molar-refractivity contribution in [1.29, 1.82) is 0 Å². The fourth-order valence-corrected chi connectivity index (χ4v) is 9.26. The van der Waals surface area contributed by atoms with Crippen LogP contribution in [0.15, 0.2) is 46.7 Å². The first kappa shape index (κ1) is 49.1.